The van der Waals surface area contributed by atoms with Crippen LogP contribution in [0, 0.1) is 18.8 Å². The monoisotopic (exact) mass is 406 g/mol. The summed E-state index contributed by atoms with van der Waals surface area (Å²) in [5, 5.41) is 1.85. The summed E-state index contributed by atoms with van der Waals surface area (Å²) in [5.74, 6) is -0.618. The van der Waals surface area contributed by atoms with E-state index in [-0.39, 0.29) is 23.8 Å². The number of hydroxylamine groups is 1. The second kappa shape index (κ2) is 8.60. The lowest BCUT2D eigenvalue weighted by Crippen LogP contribution is -2.44. The Morgan fingerprint density at radius 3 is 2.37 bits per heavy atom. The Hall–Kier alpha value is -2.66. The zero-order valence-electron chi connectivity index (χ0n) is 18.0. The van der Waals surface area contributed by atoms with Crippen LogP contribution in [0.1, 0.15) is 45.1 Å². The van der Waals surface area contributed by atoms with E-state index in [1.807, 2.05) is 66.6 Å². The summed E-state index contributed by atoms with van der Waals surface area (Å²) in [5.41, 5.74) is 2.55. The van der Waals surface area contributed by atoms with E-state index < -0.39 is 12.0 Å². The van der Waals surface area contributed by atoms with Crippen LogP contribution in [0.4, 0.5) is 11.4 Å². The van der Waals surface area contributed by atoms with Crippen molar-refractivity contribution < 1.29 is 14.4 Å². The fourth-order valence-corrected chi connectivity index (χ4v) is 4.84. The molecule has 2 heterocycles. The number of carbonyl (C=O) groups is 2. The van der Waals surface area contributed by atoms with Gasteiger partial charge >= 0.3 is 0 Å². The van der Waals surface area contributed by atoms with Gasteiger partial charge in [-0.3, -0.25) is 14.4 Å². The number of amides is 2. The van der Waals surface area contributed by atoms with Crippen molar-refractivity contribution >= 4 is 23.2 Å². The molecule has 30 heavy (non-hydrogen) atoms. The highest BCUT2D eigenvalue weighted by atomic mass is 16.7. The molecule has 2 aromatic rings. The third-order valence-corrected chi connectivity index (χ3v) is 6.37. The maximum atomic E-state index is 13.6. The average Bonchev–Trinajstić information content (AvgIpc) is 3.26. The third-order valence-electron chi connectivity index (χ3n) is 6.37. The lowest BCUT2D eigenvalue weighted by molar-refractivity contribution is -0.126. The summed E-state index contributed by atoms with van der Waals surface area (Å²) in [6.45, 7) is 6.30. The van der Waals surface area contributed by atoms with Crippen molar-refractivity contribution in [3.63, 3.8) is 0 Å². The molecule has 4 rings (SSSR count). The van der Waals surface area contributed by atoms with Gasteiger partial charge in [-0.1, -0.05) is 63.4 Å². The molecular weight excluding hydrogens is 376 g/mol. The number of aryl methyl sites for hydroxylation is 1. The Bertz CT molecular complexity index is 914. The standard InChI is InChI=1S/C25H30N2O3/c1-4-6-12-18(5-2)22-21-23(30-27(22)19-13-8-7-9-14-19)25(29)26(24(21)28)20-15-10-11-17(3)16-20/h7-11,13-16,18,21-23H,4-6,12H2,1-3H3/t18-,21+,22+,23-/m0/s1. The number of nitrogens with zero attached hydrogens (tertiary/aromatic N) is 2. The van der Waals surface area contributed by atoms with Crippen LogP contribution >= 0.6 is 0 Å². The predicted octanol–water partition coefficient (Wildman–Crippen LogP) is 4.89. The fraction of sp³-hybridized carbons (Fsp3) is 0.440. The molecule has 2 aromatic carbocycles. The Balaban J connectivity index is 1.72. The van der Waals surface area contributed by atoms with E-state index in [0.717, 1.165) is 36.9 Å². The van der Waals surface area contributed by atoms with Gasteiger partial charge in [0.15, 0.2) is 6.10 Å². The van der Waals surface area contributed by atoms with Gasteiger partial charge in [-0.2, -0.15) is 0 Å². The lowest BCUT2D eigenvalue weighted by atomic mass is 9.82. The molecule has 0 aliphatic carbocycles. The summed E-state index contributed by atoms with van der Waals surface area (Å²) >= 11 is 0. The Morgan fingerprint density at radius 1 is 0.967 bits per heavy atom. The SMILES string of the molecule is CCCC[C@H](CC)[C@@H]1[C@H]2C(=O)N(c3cccc(C)c3)C(=O)[C@H]2ON1c1ccccc1. The molecule has 4 atom stereocenters. The molecule has 0 aromatic heterocycles. The van der Waals surface area contributed by atoms with Gasteiger partial charge in [0.25, 0.3) is 5.91 Å². The lowest BCUT2D eigenvalue weighted by Gasteiger charge is -2.33. The Labute approximate surface area is 178 Å². The fourth-order valence-electron chi connectivity index (χ4n) is 4.84. The highest BCUT2D eigenvalue weighted by molar-refractivity contribution is 6.23. The molecule has 2 aliphatic rings. The second-order valence-corrected chi connectivity index (χ2v) is 8.37. The average molecular weight is 407 g/mol. The Kier molecular flexibility index (Phi) is 5.91. The van der Waals surface area contributed by atoms with Crippen LogP contribution < -0.4 is 9.96 Å². The molecular formula is C25H30N2O3. The predicted molar refractivity (Wildman–Crippen MR) is 118 cm³/mol. The number of para-hydroxylation sites is 1. The van der Waals surface area contributed by atoms with Gasteiger partial charge in [0.1, 0.15) is 0 Å². The van der Waals surface area contributed by atoms with Crippen molar-refractivity contribution in [3.05, 3.63) is 60.2 Å². The number of imide groups is 1. The van der Waals surface area contributed by atoms with E-state index in [0.29, 0.717) is 5.69 Å². The highest BCUT2D eigenvalue weighted by Crippen LogP contribution is 2.44. The van der Waals surface area contributed by atoms with Crippen molar-refractivity contribution in [2.24, 2.45) is 11.8 Å². The molecule has 2 aliphatic heterocycles. The molecule has 2 saturated heterocycles. The first-order valence-corrected chi connectivity index (χ1v) is 11.0. The van der Waals surface area contributed by atoms with Crippen LogP contribution in [0.25, 0.3) is 0 Å². The Morgan fingerprint density at radius 2 is 1.70 bits per heavy atom. The maximum absolute atomic E-state index is 13.6. The first-order chi connectivity index (χ1) is 14.6. The molecule has 0 saturated carbocycles. The van der Waals surface area contributed by atoms with E-state index in [9.17, 15) is 9.59 Å². The minimum atomic E-state index is -0.765. The molecule has 2 fully saturated rings. The van der Waals surface area contributed by atoms with Gasteiger partial charge in [0, 0.05) is 0 Å². The smallest absolute Gasteiger partial charge is 0.266 e. The zero-order chi connectivity index (χ0) is 21.3. The van der Waals surface area contributed by atoms with Crippen molar-refractivity contribution in [1.29, 1.82) is 0 Å². The summed E-state index contributed by atoms with van der Waals surface area (Å²) in [7, 11) is 0. The van der Waals surface area contributed by atoms with E-state index in [2.05, 4.69) is 13.8 Å². The number of benzene rings is 2. The van der Waals surface area contributed by atoms with Crippen molar-refractivity contribution in [3.8, 4) is 0 Å². The van der Waals surface area contributed by atoms with Crippen molar-refractivity contribution in [2.75, 3.05) is 9.96 Å². The molecule has 0 bridgehead atoms. The number of fused-ring (bicyclic) bond motifs is 1. The quantitative estimate of drug-likeness (QED) is 0.614. The number of hydrogen-bond donors (Lipinski definition) is 0. The minimum absolute atomic E-state index is 0.144. The molecule has 158 valence electrons. The van der Waals surface area contributed by atoms with Gasteiger partial charge in [-0.15, -0.1) is 0 Å². The van der Waals surface area contributed by atoms with Crippen LogP contribution in [0.2, 0.25) is 0 Å². The van der Waals surface area contributed by atoms with E-state index >= 15 is 0 Å². The van der Waals surface area contributed by atoms with E-state index in [1.165, 1.54) is 4.90 Å². The molecule has 0 N–H and O–H groups in total. The minimum Gasteiger partial charge on any atom is -0.273 e. The van der Waals surface area contributed by atoms with Crippen molar-refractivity contribution in [2.45, 2.75) is 58.6 Å². The third kappa shape index (κ3) is 3.52. The topological polar surface area (TPSA) is 49.9 Å². The number of rotatable bonds is 7. The van der Waals surface area contributed by atoms with Crippen LogP contribution in [0.5, 0.6) is 0 Å². The molecule has 0 spiro atoms. The highest BCUT2D eigenvalue weighted by Gasteiger charge is 2.61. The van der Waals surface area contributed by atoms with Crippen LogP contribution in [-0.2, 0) is 14.4 Å². The second-order valence-electron chi connectivity index (χ2n) is 8.37. The van der Waals surface area contributed by atoms with Crippen LogP contribution in [0.3, 0.4) is 0 Å². The normalized spacial score (nSPS) is 24.4. The molecule has 2 amide bonds. The number of carbonyl (C=O) groups excluding carboxylic acids is 2. The van der Waals surface area contributed by atoms with Gasteiger partial charge in [-0.05, 0) is 49.1 Å². The number of anilines is 2. The largest absolute Gasteiger partial charge is 0.273 e. The zero-order valence-corrected chi connectivity index (χ0v) is 18.0. The van der Waals surface area contributed by atoms with Crippen molar-refractivity contribution in [1.82, 2.24) is 0 Å². The van der Waals surface area contributed by atoms with Gasteiger partial charge in [0.05, 0.1) is 23.3 Å². The number of unbranched alkanes of at least 4 members (excludes halogenated alkanes) is 1. The summed E-state index contributed by atoms with van der Waals surface area (Å²) in [4.78, 5) is 34.5. The van der Waals surface area contributed by atoms with E-state index in [4.69, 9.17) is 4.84 Å². The van der Waals surface area contributed by atoms with Gasteiger partial charge in [-0.25, -0.2) is 9.96 Å². The van der Waals surface area contributed by atoms with Gasteiger partial charge < -0.3 is 0 Å². The first-order valence-electron chi connectivity index (χ1n) is 11.0. The summed E-state index contributed by atoms with van der Waals surface area (Å²) in [6, 6.07) is 17.2. The van der Waals surface area contributed by atoms with Crippen LogP contribution in [0.15, 0.2) is 54.6 Å². The molecule has 5 heteroatoms. The molecule has 0 radical (unpaired) electrons. The van der Waals surface area contributed by atoms with Crippen LogP contribution in [-0.4, -0.2) is 24.0 Å². The van der Waals surface area contributed by atoms with Gasteiger partial charge in [0.2, 0.25) is 5.91 Å². The first kappa shape index (κ1) is 20.6. The maximum Gasteiger partial charge on any atom is 0.266 e. The number of hydrogen-bond acceptors (Lipinski definition) is 4. The summed E-state index contributed by atoms with van der Waals surface area (Å²) < 4.78 is 0. The molecule has 0 unspecified atom stereocenters. The van der Waals surface area contributed by atoms with E-state index in [1.54, 1.807) is 0 Å². The molecule has 5 nitrogen and oxygen atoms in total. The summed E-state index contributed by atoms with van der Waals surface area (Å²) in [6.07, 6.45) is 3.38.